The molecule has 0 unspecified atom stereocenters. The van der Waals surface area contributed by atoms with Gasteiger partial charge in [0.05, 0.1) is 19.6 Å². The number of ether oxygens (including phenoxy) is 2. The van der Waals surface area contributed by atoms with Crippen molar-refractivity contribution >= 4 is 38.5 Å². The highest BCUT2D eigenvalue weighted by Gasteiger charge is 2.20. The molecule has 27 heavy (non-hydrogen) atoms. The average molecular weight is 407 g/mol. The molecule has 0 aliphatic rings. The van der Waals surface area contributed by atoms with Crippen LogP contribution in [-0.2, 0) is 9.84 Å². The Morgan fingerprint density at radius 1 is 1.04 bits per heavy atom. The van der Waals surface area contributed by atoms with Gasteiger partial charge in [-0.25, -0.2) is 13.2 Å². The van der Waals surface area contributed by atoms with Crippen LogP contribution in [0.1, 0.15) is 5.56 Å². The maximum Gasteiger partial charge on any atom is 0.355 e. The summed E-state index contributed by atoms with van der Waals surface area (Å²) in [6.45, 7) is 0. The van der Waals surface area contributed by atoms with E-state index < -0.39 is 20.4 Å². The van der Waals surface area contributed by atoms with Gasteiger partial charge in [-0.05, 0) is 29.8 Å². The van der Waals surface area contributed by atoms with Crippen molar-refractivity contribution in [3.63, 3.8) is 0 Å². The van der Waals surface area contributed by atoms with Crippen molar-refractivity contribution in [1.29, 1.82) is 0 Å². The van der Waals surface area contributed by atoms with Crippen LogP contribution in [0.3, 0.4) is 0 Å². The molecule has 0 spiro atoms. The van der Waals surface area contributed by atoms with Crippen LogP contribution in [0.4, 0.5) is 0 Å². The van der Waals surface area contributed by atoms with Crippen molar-refractivity contribution in [2.24, 2.45) is 0 Å². The molecule has 3 aromatic rings. The van der Waals surface area contributed by atoms with Gasteiger partial charge in [-0.1, -0.05) is 23.7 Å². The van der Waals surface area contributed by atoms with Crippen molar-refractivity contribution < 1.29 is 22.3 Å². The fourth-order valence-electron chi connectivity index (χ4n) is 2.44. The van der Waals surface area contributed by atoms with Crippen molar-refractivity contribution in [3.8, 4) is 11.5 Å². The third kappa shape index (κ3) is 3.99. The molecule has 8 heteroatoms. The maximum absolute atomic E-state index is 12.6. The van der Waals surface area contributed by atoms with Crippen LogP contribution in [0.25, 0.3) is 17.0 Å². The molecule has 0 aliphatic heterocycles. The molecule has 0 aliphatic carbocycles. The molecule has 2 aromatic carbocycles. The van der Waals surface area contributed by atoms with Gasteiger partial charge in [0.1, 0.15) is 17.1 Å². The second-order valence-corrected chi connectivity index (χ2v) is 7.78. The molecule has 0 N–H and O–H groups in total. The first-order valence-electron chi connectivity index (χ1n) is 7.72. The molecule has 0 radical (unpaired) electrons. The summed E-state index contributed by atoms with van der Waals surface area (Å²) in [7, 11) is -1.16. The SMILES string of the molecule is COc1cc(OC)c2cc(S(=O)(=O)/C=C/c3ccc(Cl)cc3)c(=O)oc2c1. The lowest BCUT2D eigenvalue weighted by atomic mass is 10.2. The number of sulfone groups is 1. The average Bonchev–Trinajstić information content (AvgIpc) is 2.65. The van der Waals surface area contributed by atoms with E-state index >= 15 is 0 Å². The highest BCUT2D eigenvalue weighted by atomic mass is 35.5. The molecule has 0 saturated heterocycles. The molecule has 1 aromatic heterocycles. The predicted octanol–water partition coefficient (Wildman–Crippen LogP) is 3.91. The van der Waals surface area contributed by atoms with Crippen LogP contribution < -0.4 is 15.1 Å². The number of halogens is 1. The summed E-state index contributed by atoms with van der Waals surface area (Å²) in [5, 5.41) is 1.83. The summed E-state index contributed by atoms with van der Waals surface area (Å²) < 4.78 is 40.8. The standard InChI is InChI=1S/C19H15ClO6S/c1-24-14-9-16(25-2)15-11-18(19(21)26-17(15)10-14)27(22,23)8-7-12-3-5-13(20)6-4-12/h3-11H,1-2H3/b8-7+. The fraction of sp³-hybridized carbons (Fsp3) is 0.105. The molecular weight excluding hydrogens is 392 g/mol. The molecule has 3 rings (SSSR count). The summed E-state index contributed by atoms with van der Waals surface area (Å²) >= 11 is 5.81. The monoisotopic (exact) mass is 406 g/mol. The molecule has 140 valence electrons. The zero-order chi connectivity index (χ0) is 19.6. The zero-order valence-corrected chi connectivity index (χ0v) is 16.0. The Hall–Kier alpha value is -2.77. The normalized spacial score (nSPS) is 11.8. The quantitative estimate of drug-likeness (QED) is 0.597. The van der Waals surface area contributed by atoms with E-state index in [1.165, 1.54) is 32.4 Å². The summed E-state index contributed by atoms with van der Waals surface area (Å²) in [6, 6.07) is 10.9. The molecular formula is C19H15ClO6S. The summed E-state index contributed by atoms with van der Waals surface area (Å²) in [4.78, 5) is 11.8. The minimum atomic E-state index is -4.04. The molecule has 1 heterocycles. The van der Waals surface area contributed by atoms with Gasteiger partial charge in [-0.3, -0.25) is 0 Å². The van der Waals surface area contributed by atoms with Crippen LogP contribution >= 0.6 is 11.6 Å². The van der Waals surface area contributed by atoms with Crippen LogP contribution in [-0.4, -0.2) is 22.6 Å². The minimum Gasteiger partial charge on any atom is -0.496 e. The van der Waals surface area contributed by atoms with Gasteiger partial charge in [0.25, 0.3) is 0 Å². The Balaban J connectivity index is 2.10. The lowest BCUT2D eigenvalue weighted by Crippen LogP contribution is -2.12. The Morgan fingerprint density at radius 3 is 2.37 bits per heavy atom. The molecule has 0 atom stereocenters. The Kier molecular flexibility index (Phi) is 5.25. The Morgan fingerprint density at radius 2 is 1.74 bits per heavy atom. The van der Waals surface area contributed by atoms with Crippen LogP contribution in [0.5, 0.6) is 11.5 Å². The van der Waals surface area contributed by atoms with Crippen molar-refractivity contribution in [2.75, 3.05) is 14.2 Å². The summed E-state index contributed by atoms with van der Waals surface area (Å²) in [5.41, 5.74) is -0.189. The summed E-state index contributed by atoms with van der Waals surface area (Å²) in [5.74, 6) is 0.743. The number of hydrogen-bond acceptors (Lipinski definition) is 6. The van der Waals surface area contributed by atoms with E-state index in [0.29, 0.717) is 27.5 Å². The second-order valence-electron chi connectivity index (χ2n) is 5.54. The van der Waals surface area contributed by atoms with E-state index in [1.54, 1.807) is 30.3 Å². The number of hydrogen-bond donors (Lipinski definition) is 0. The van der Waals surface area contributed by atoms with Gasteiger partial charge < -0.3 is 13.9 Å². The molecule has 0 amide bonds. The van der Waals surface area contributed by atoms with E-state index in [9.17, 15) is 13.2 Å². The van der Waals surface area contributed by atoms with Gasteiger partial charge in [0, 0.05) is 22.6 Å². The van der Waals surface area contributed by atoms with Crippen molar-refractivity contribution in [1.82, 2.24) is 0 Å². The third-order valence-corrected chi connectivity index (χ3v) is 5.47. The first-order chi connectivity index (χ1) is 12.8. The number of fused-ring (bicyclic) bond motifs is 1. The van der Waals surface area contributed by atoms with Gasteiger partial charge in [-0.15, -0.1) is 0 Å². The number of rotatable bonds is 5. The van der Waals surface area contributed by atoms with Gasteiger partial charge in [0.2, 0.25) is 9.84 Å². The van der Waals surface area contributed by atoms with E-state index in [2.05, 4.69) is 0 Å². The van der Waals surface area contributed by atoms with E-state index in [1.807, 2.05) is 0 Å². The Labute approximate surface area is 160 Å². The largest absolute Gasteiger partial charge is 0.496 e. The van der Waals surface area contributed by atoms with Crippen molar-refractivity contribution in [2.45, 2.75) is 4.90 Å². The minimum absolute atomic E-state index is 0.164. The number of benzene rings is 2. The summed E-state index contributed by atoms with van der Waals surface area (Å²) in [6.07, 6.45) is 1.38. The highest BCUT2D eigenvalue weighted by molar-refractivity contribution is 7.94. The van der Waals surface area contributed by atoms with Crippen molar-refractivity contribution in [3.05, 3.63) is 68.9 Å². The van der Waals surface area contributed by atoms with Gasteiger partial charge >= 0.3 is 5.63 Å². The van der Waals surface area contributed by atoms with E-state index in [0.717, 1.165) is 5.41 Å². The first kappa shape index (κ1) is 19.0. The lowest BCUT2D eigenvalue weighted by molar-refractivity contribution is 0.395. The van der Waals surface area contributed by atoms with Crippen LogP contribution in [0.2, 0.25) is 5.02 Å². The van der Waals surface area contributed by atoms with Gasteiger partial charge in [-0.2, -0.15) is 0 Å². The maximum atomic E-state index is 12.6. The molecule has 6 nitrogen and oxygen atoms in total. The lowest BCUT2D eigenvalue weighted by Gasteiger charge is -2.08. The van der Waals surface area contributed by atoms with E-state index in [-0.39, 0.29) is 5.58 Å². The number of methoxy groups -OCH3 is 2. The topological polar surface area (TPSA) is 82.8 Å². The van der Waals surface area contributed by atoms with Crippen LogP contribution in [0.15, 0.2) is 62.0 Å². The second kappa shape index (κ2) is 7.46. The molecule has 0 bridgehead atoms. The molecule has 0 saturated carbocycles. The smallest absolute Gasteiger partial charge is 0.355 e. The van der Waals surface area contributed by atoms with Gasteiger partial charge in [0.15, 0.2) is 4.90 Å². The zero-order valence-electron chi connectivity index (χ0n) is 14.4. The first-order valence-corrected chi connectivity index (χ1v) is 9.65. The predicted molar refractivity (Wildman–Crippen MR) is 103 cm³/mol. The fourth-order valence-corrected chi connectivity index (χ4v) is 3.61. The highest BCUT2D eigenvalue weighted by Crippen LogP contribution is 2.31. The van der Waals surface area contributed by atoms with E-state index in [4.69, 9.17) is 25.5 Å². The molecule has 0 fully saturated rings. The third-order valence-electron chi connectivity index (χ3n) is 3.83. The van der Waals surface area contributed by atoms with Crippen LogP contribution in [0, 0.1) is 0 Å². The Bertz CT molecular complexity index is 1180.